The fourth-order valence-electron chi connectivity index (χ4n) is 1.20. The molecule has 8 nitrogen and oxygen atoms in total. The predicted molar refractivity (Wildman–Crippen MR) is 63.5 cm³/mol. The quantitative estimate of drug-likeness (QED) is 0.680. The van der Waals surface area contributed by atoms with Crippen LogP contribution in [-0.4, -0.2) is 40.3 Å². The number of rotatable bonds is 7. The summed E-state index contributed by atoms with van der Waals surface area (Å²) in [5.74, 6) is -0.702. The number of nitrogens with one attached hydrogen (secondary N) is 1. The molecule has 0 unspecified atom stereocenters. The molecule has 106 valence electrons. The van der Waals surface area contributed by atoms with Gasteiger partial charge in [-0.05, 0) is 12.1 Å². The Morgan fingerprint density at radius 2 is 1.89 bits per heavy atom. The highest BCUT2D eigenvalue weighted by molar-refractivity contribution is 7.89. The summed E-state index contributed by atoms with van der Waals surface area (Å²) in [6.07, 6.45) is 0. The summed E-state index contributed by atoms with van der Waals surface area (Å²) >= 11 is 0. The molecule has 19 heavy (non-hydrogen) atoms. The lowest BCUT2D eigenvalue weighted by molar-refractivity contribution is -0.143. The van der Waals surface area contributed by atoms with Gasteiger partial charge >= 0.3 is 5.97 Å². The van der Waals surface area contributed by atoms with E-state index in [2.05, 4.69) is 4.84 Å². The molecule has 1 aromatic rings. The number of aliphatic carboxylic acids is 1. The molecule has 0 aromatic heterocycles. The number of hydrogen-bond donors (Lipinski definition) is 2. The lowest BCUT2D eigenvalue weighted by Crippen LogP contribution is -2.26. The van der Waals surface area contributed by atoms with Crippen LogP contribution in [0.15, 0.2) is 23.1 Å². The van der Waals surface area contributed by atoms with Gasteiger partial charge in [-0.1, -0.05) is 4.89 Å². The molecule has 0 fully saturated rings. The Bertz CT molecular complexity index is 555. The van der Waals surface area contributed by atoms with Gasteiger partial charge in [-0.25, -0.2) is 13.2 Å². The number of sulfonamides is 1. The van der Waals surface area contributed by atoms with Crippen molar-refractivity contribution in [2.75, 3.05) is 20.8 Å². The Morgan fingerprint density at radius 1 is 1.26 bits per heavy atom. The number of carbonyl (C=O) groups is 1. The first-order valence-electron chi connectivity index (χ1n) is 4.98. The molecule has 1 rings (SSSR count). The molecule has 0 amide bonds. The summed E-state index contributed by atoms with van der Waals surface area (Å²) < 4.78 is 33.4. The van der Waals surface area contributed by atoms with Crippen LogP contribution < -0.4 is 14.4 Å². The maximum absolute atomic E-state index is 11.8. The number of benzene rings is 1. The molecular weight excluding hydrogens is 278 g/mol. The second kappa shape index (κ2) is 6.36. The molecule has 0 radical (unpaired) electrons. The largest absolute Gasteiger partial charge is 0.493 e. The first kappa shape index (κ1) is 15.2. The Morgan fingerprint density at radius 3 is 2.42 bits per heavy atom. The summed E-state index contributed by atoms with van der Waals surface area (Å²) in [6, 6.07) is 3.91. The minimum Gasteiger partial charge on any atom is -0.493 e. The van der Waals surface area contributed by atoms with Crippen LogP contribution >= 0.6 is 0 Å². The van der Waals surface area contributed by atoms with E-state index in [0.717, 1.165) is 0 Å². The van der Waals surface area contributed by atoms with Crippen molar-refractivity contribution in [2.24, 2.45) is 0 Å². The molecule has 9 heteroatoms. The van der Waals surface area contributed by atoms with E-state index in [-0.39, 0.29) is 10.6 Å². The topological polar surface area (TPSA) is 111 Å². The number of hydrogen-bond acceptors (Lipinski definition) is 6. The van der Waals surface area contributed by atoms with E-state index in [1.165, 1.54) is 32.4 Å². The van der Waals surface area contributed by atoms with Gasteiger partial charge in [-0.2, -0.15) is 0 Å². The number of methoxy groups -OCH3 is 2. The summed E-state index contributed by atoms with van der Waals surface area (Å²) in [6.45, 7) is -0.785. The maximum atomic E-state index is 11.8. The van der Waals surface area contributed by atoms with Crippen molar-refractivity contribution in [3.63, 3.8) is 0 Å². The van der Waals surface area contributed by atoms with Gasteiger partial charge in [0.1, 0.15) is 0 Å². The number of carboxylic acids is 1. The lowest BCUT2D eigenvalue weighted by Gasteiger charge is -2.10. The Kier molecular flexibility index (Phi) is 5.10. The average molecular weight is 291 g/mol. The summed E-state index contributed by atoms with van der Waals surface area (Å²) in [7, 11) is -1.20. The first-order valence-corrected chi connectivity index (χ1v) is 6.46. The van der Waals surface area contributed by atoms with Crippen molar-refractivity contribution in [3.05, 3.63) is 18.2 Å². The minimum absolute atomic E-state index is 0.143. The van der Waals surface area contributed by atoms with Crippen LogP contribution in [0, 0.1) is 0 Å². The van der Waals surface area contributed by atoms with Crippen LogP contribution in [0.25, 0.3) is 0 Å². The normalized spacial score (nSPS) is 11.1. The lowest BCUT2D eigenvalue weighted by atomic mass is 10.3. The van der Waals surface area contributed by atoms with Crippen LogP contribution in [0.2, 0.25) is 0 Å². The fraction of sp³-hybridized carbons (Fsp3) is 0.300. The maximum Gasteiger partial charge on any atom is 0.331 e. The molecule has 1 aromatic carbocycles. The predicted octanol–water partition coefficient (Wildman–Crippen LogP) is -0.00170. The molecule has 2 N–H and O–H groups in total. The van der Waals surface area contributed by atoms with E-state index in [4.69, 9.17) is 14.6 Å². The van der Waals surface area contributed by atoms with E-state index < -0.39 is 22.6 Å². The highest BCUT2D eigenvalue weighted by Crippen LogP contribution is 2.29. The second-order valence-electron chi connectivity index (χ2n) is 3.29. The van der Waals surface area contributed by atoms with Crippen LogP contribution in [0.1, 0.15) is 0 Å². The van der Waals surface area contributed by atoms with Gasteiger partial charge in [-0.15, -0.1) is 0 Å². The molecule has 0 aliphatic heterocycles. The van der Waals surface area contributed by atoms with Crippen molar-refractivity contribution in [3.8, 4) is 11.5 Å². The van der Waals surface area contributed by atoms with E-state index in [0.29, 0.717) is 5.75 Å². The molecule has 0 aliphatic rings. The zero-order valence-corrected chi connectivity index (χ0v) is 11.1. The zero-order valence-electron chi connectivity index (χ0n) is 10.2. The monoisotopic (exact) mass is 291 g/mol. The zero-order chi connectivity index (χ0) is 14.5. The van der Waals surface area contributed by atoms with Gasteiger partial charge in [0, 0.05) is 6.07 Å². The highest BCUT2D eigenvalue weighted by atomic mass is 32.2. The minimum atomic E-state index is -3.98. The molecule has 0 saturated heterocycles. The van der Waals surface area contributed by atoms with E-state index in [1.807, 2.05) is 0 Å². The van der Waals surface area contributed by atoms with Crippen LogP contribution in [0.4, 0.5) is 0 Å². The molecule has 0 bridgehead atoms. The summed E-state index contributed by atoms with van der Waals surface area (Å²) in [4.78, 5) is 16.1. The Balaban J connectivity index is 2.92. The van der Waals surface area contributed by atoms with Crippen molar-refractivity contribution >= 4 is 16.0 Å². The average Bonchev–Trinajstić information content (AvgIpc) is 2.37. The standard InChI is InChI=1S/C10H13NO7S/c1-16-8-4-3-7(5-9(8)17-2)19(14,15)11-18-6-10(12)13/h3-5,11H,6H2,1-2H3,(H,12,13). The third kappa shape index (κ3) is 4.09. The van der Waals surface area contributed by atoms with Crippen LogP contribution in [0.5, 0.6) is 11.5 Å². The first-order chi connectivity index (χ1) is 8.90. The van der Waals surface area contributed by atoms with Crippen LogP contribution in [0.3, 0.4) is 0 Å². The van der Waals surface area contributed by atoms with Crippen LogP contribution in [-0.2, 0) is 19.7 Å². The van der Waals surface area contributed by atoms with Crippen molar-refractivity contribution < 1.29 is 32.6 Å². The van der Waals surface area contributed by atoms with Gasteiger partial charge < -0.3 is 14.6 Å². The van der Waals surface area contributed by atoms with Gasteiger partial charge in [0.15, 0.2) is 18.1 Å². The van der Waals surface area contributed by atoms with E-state index in [9.17, 15) is 13.2 Å². The molecule has 0 aliphatic carbocycles. The van der Waals surface area contributed by atoms with Gasteiger partial charge in [0.05, 0.1) is 19.1 Å². The highest BCUT2D eigenvalue weighted by Gasteiger charge is 2.17. The Hall–Kier alpha value is -1.84. The van der Waals surface area contributed by atoms with Crippen molar-refractivity contribution in [1.82, 2.24) is 4.89 Å². The third-order valence-corrected chi connectivity index (χ3v) is 3.24. The van der Waals surface area contributed by atoms with Gasteiger partial charge in [0.2, 0.25) is 0 Å². The van der Waals surface area contributed by atoms with Crippen molar-refractivity contribution in [2.45, 2.75) is 4.90 Å². The van der Waals surface area contributed by atoms with Gasteiger partial charge in [0.25, 0.3) is 10.0 Å². The van der Waals surface area contributed by atoms with E-state index in [1.54, 1.807) is 4.89 Å². The third-order valence-electron chi connectivity index (χ3n) is 2.03. The fourth-order valence-corrected chi connectivity index (χ4v) is 2.02. The smallest absolute Gasteiger partial charge is 0.331 e. The molecular formula is C10H13NO7S. The van der Waals surface area contributed by atoms with Crippen molar-refractivity contribution in [1.29, 1.82) is 0 Å². The van der Waals surface area contributed by atoms with E-state index >= 15 is 0 Å². The summed E-state index contributed by atoms with van der Waals surface area (Å²) in [5.41, 5.74) is 0. The molecule has 0 heterocycles. The Labute approximate surface area is 109 Å². The SMILES string of the molecule is COc1ccc(S(=O)(=O)NOCC(=O)O)cc1OC. The second-order valence-corrected chi connectivity index (χ2v) is 4.93. The van der Waals surface area contributed by atoms with Gasteiger partial charge in [-0.3, -0.25) is 4.84 Å². The number of carboxylic acid groups (broad SMARTS) is 1. The summed E-state index contributed by atoms with van der Waals surface area (Å²) in [5, 5.41) is 8.34. The molecule has 0 atom stereocenters. The molecule has 0 spiro atoms. The number of ether oxygens (including phenoxy) is 2. The molecule has 0 saturated carbocycles.